The van der Waals surface area contributed by atoms with Gasteiger partial charge < -0.3 is 5.32 Å². The van der Waals surface area contributed by atoms with Crippen molar-refractivity contribution in [1.82, 2.24) is 4.98 Å². The van der Waals surface area contributed by atoms with Crippen LogP contribution in [0.25, 0.3) is 0 Å². The number of pyridine rings is 1. The van der Waals surface area contributed by atoms with Crippen LogP contribution in [0, 0.1) is 5.95 Å². The van der Waals surface area contributed by atoms with Crippen LogP contribution < -0.4 is 5.32 Å². The van der Waals surface area contributed by atoms with E-state index in [1.165, 1.54) is 11.6 Å². The lowest BCUT2D eigenvalue weighted by Crippen LogP contribution is -1.95. The number of anilines is 2. The summed E-state index contributed by atoms with van der Waals surface area (Å²) in [7, 11) is 0. The molecule has 2 aromatic rings. The van der Waals surface area contributed by atoms with Crippen molar-refractivity contribution in [2.75, 3.05) is 5.32 Å². The van der Waals surface area contributed by atoms with Crippen molar-refractivity contribution in [2.24, 2.45) is 0 Å². The molecule has 0 amide bonds. The first-order valence-electron chi connectivity index (χ1n) is 5.64. The van der Waals surface area contributed by atoms with Crippen LogP contribution in [0.4, 0.5) is 15.9 Å². The summed E-state index contributed by atoms with van der Waals surface area (Å²) >= 11 is 0. The predicted octanol–water partition coefficient (Wildman–Crippen LogP) is 4.09. The number of nitrogens with zero attached hydrogens (tertiary/aromatic N) is 1. The Morgan fingerprint density at radius 3 is 2.35 bits per heavy atom. The van der Waals surface area contributed by atoms with Crippen molar-refractivity contribution in [3.8, 4) is 0 Å². The molecule has 17 heavy (non-hydrogen) atoms. The fraction of sp³-hybridized carbons (Fsp3) is 0.214. The van der Waals surface area contributed by atoms with E-state index in [-0.39, 0.29) is 0 Å². The van der Waals surface area contributed by atoms with Crippen molar-refractivity contribution in [3.05, 3.63) is 54.0 Å². The Bertz CT molecular complexity index is 492. The molecular weight excluding hydrogens is 215 g/mol. The third kappa shape index (κ3) is 3.03. The van der Waals surface area contributed by atoms with Gasteiger partial charge >= 0.3 is 0 Å². The average Bonchev–Trinajstić information content (AvgIpc) is 2.29. The second kappa shape index (κ2) is 4.95. The molecule has 88 valence electrons. The van der Waals surface area contributed by atoms with Crippen LogP contribution in [-0.4, -0.2) is 4.98 Å². The highest BCUT2D eigenvalue weighted by Crippen LogP contribution is 2.19. The predicted molar refractivity (Wildman–Crippen MR) is 68.0 cm³/mol. The van der Waals surface area contributed by atoms with E-state index in [1.54, 1.807) is 12.1 Å². The molecule has 0 fully saturated rings. The van der Waals surface area contributed by atoms with Crippen molar-refractivity contribution >= 4 is 11.5 Å². The summed E-state index contributed by atoms with van der Waals surface area (Å²) in [5.41, 5.74) is 2.19. The third-order valence-corrected chi connectivity index (χ3v) is 2.56. The monoisotopic (exact) mass is 230 g/mol. The Morgan fingerprint density at radius 2 is 1.76 bits per heavy atom. The van der Waals surface area contributed by atoms with E-state index in [0.29, 0.717) is 11.7 Å². The maximum atomic E-state index is 12.9. The normalized spacial score (nSPS) is 10.6. The highest BCUT2D eigenvalue weighted by molar-refractivity contribution is 5.56. The molecule has 0 radical (unpaired) electrons. The van der Waals surface area contributed by atoms with Crippen molar-refractivity contribution < 1.29 is 4.39 Å². The molecule has 2 nitrogen and oxygen atoms in total. The average molecular weight is 230 g/mol. The summed E-state index contributed by atoms with van der Waals surface area (Å²) < 4.78 is 12.9. The second-order valence-corrected chi connectivity index (χ2v) is 4.25. The number of rotatable bonds is 3. The molecule has 0 bridgehead atoms. The zero-order chi connectivity index (χ0) is 12.3. The quantitative estimate of drug-likeness (QED) is 0.803. The number of aromatic nitrogens is 1. The molecule has 0 aliphatic rings. The molecule has 0 saturated heterocycles. The number of nitrogens with one attached hydrogen (secondary N) is 1. The number of hydrogen-bond acceptors (Lipinski definition) is 2. The standard InChI is InChI=1S/C14H15FN2/c1-10(2)11-6-8-12(9-7-11)16-14-5-3-4-13(15)17-14/h3-10H,1-2H3,(H,16,17). The maximum absolute atomic E-state index is 12.9. The zero-order valence-electron chi connectivity index (χ0n) is 9.94. The van der Waals surface area contributed by atoms with E-state index >= 15 is 0 Å². The Morgan fingerprint density at radius 1 is 1.06 bits per heavy atom. The van der Waals surface area contributed by atoms with E-state index < -0.39 is 5.95 Å². The van der Waals surface area contributed by atoms with Crippen LogP contribution in [0.5, 0.6) is 0 Å². The van der Waals surface area contributed by atoms with Gasteiger partial charge in [-0.15, -0.1) is 0 Å². The van der Waals surface area contributed by atoms with Gasteiger partial charge in [-0.05, 0) is 35.7 Å². The van der Waals surface area contributed by atoms with Crippen LogP contribution >= 0.6 is 0 Å². The molecule has 0 spiro atoms. The van der Waals surface area contributed by atoms with E-state index in [9.17, 15) is 4.39 Å². The number of hydrogen-bond donors (Lipinski definition) is 1. The lowest BCUT2D eigenvalue weighted by molar-refractivity contribution is 0.585. The van der Waals surface area contributed by atoms with Gasteiger partial charge in [0.25, 0.3) is 0 Å². The van der Waals surface area contributed by atoms with Crippen molar-refractivity contribution in [3.63, 3.8) is 0 Å². The minimum absolute atomic E-state index is 0.478. The van der Waals surface area contributed by atoms with E-state index in [4.69, 9.17) is 0 Å². The maximum Gasteiger partial charge on any atom is 0.214 e. The van der Waals surface area contributed by atoms with Gasteiger partial charge in [-0.25, -0.2) is 4.98 Å². The Labute approximate surface area is 101 Å². The summed E-state index contributed by atoms with van der Waals surface area (Å²) in [6.45, 7) is 4.30. The number of benzene rings is 1. The van der Waals surface area contributed by atoms with Gasteiger partial charge in [0.2, 0.25) is 5.95 Å². The minimum atomic E-state index is -0.478. The Kier molecular flexibility index (Phi) is 3.38. The first-order valence-corrected chi connectivity index (χ1v) is 5.64. The van der Waals surface area contributed by atoms with Gasteiger partial charge in [0, 0.05) is 5.69 Å². The highest BCUT2D eigenvalue weighted by atomic mass is 19.1. The smallest absolute Gasteiger partial charge is 0.214 e. The molecular formula is C14H15FN2. The van der Waals surface area contributed by atoms with Gasteiger partial charge in [0.05, 0.1) is 0 Å². The van der Waals surface area contributed by atoms with Crippen LogP contribution in [0.3, 0.4) is 0 Å². The summed E-state index contributed by atoms with van der Waals surface area (Å²) in [4.78, 5) is 3.75. The van der Waals surface area contributed by atoms with Crippen LogP contribution in [-0.2, 0) is 0 Å². The van der Waals surface area contributed by atoms with Crippen molar-refractivity contribution in [2.45, 2.75) is 19.8 Å². The van der Waals surface area contributed by atoms with Gasteiger partial charge in [0.1, 0.15) is 5.82 Å². The summed E-state index contributed by atoms with van der Waals surface area (Å²) in [6.07, 6.45) is 0. The van der Waals surface area contributed by atoms with Gasteiger partial charge in [-0.1, -0.05) is 32.0 Å². The molecule has 0 aliphatic carbocycles. The fourth-order valence-electron chi connectivity index (χ4n) is 1.58. The molecule has 0 atom stereocenters. The number of halogens is 1. The molecule has 3 heteroatoms. The largest absolute Gasteiger partial charge is 0.340 e. The third-order valence-electron chi connectivity index (χ3n) is 2.56. The van der Waals surface area contributed by atoms with E-state index in [1.807, 2.05) is 12.1 Å². The van der Waals surface area contributed by atoms with Gasteiger partial charge in [-0.3, -0.25) is 0 Å². The second-order valence-electron chi connectivity index (χ2n) is 4.25. The van der Waals surface area contributed by atoms with Crippen molar-refractivity contribution in [1.29, 1.82) is 0 Å². The van der Waals surface area contributed by atoms with Gasteiger partial charge in [0.15, 0.2) is 0 Å². The molecule has 1 heterocycles. The Balaban J connectivity index is 2.14. The summed E-state index contributed by atoms with van der Waals surface area (Å²) in [5, 5.41) is 3.06. The zero-order valence-corrected chi connectivity index (χ0v) is 9.94. The summed E-state index contributed by atoms with van der Waals surface area (Å²) in [6, 6.07) is 12.8. The van der Waals surface area contributed by atoms with Gasteiger partial charge in [-0.2, -0.15) is 4.39 Å². The molecule has 0 aliphatic heterocycles. The Hall–Kier alpha value is -1.90. The van der Waals surface area contributed by atoms with Crippen LogP contribution in [0.15, 0.2) is 42.5 Å². The molecule has 1 N–H and O–H groups in total. The minimum Gasteiger partial charge on any atom is -0.340 e. The highest BCUT2D eigenvalue weighted by Gasteiger charge is 2.00. The topological polar surface area (TPSA) is 24.9 Å². The first kappa shape index (κ1) is 11.6. The molecule has 1 aromatic heterocycles. The molecule has 1 aromatic carbocycles. The van der Waals surface area contributed by atoms with E-state index in [0.717, 1.165) is 5.69 Å². The fourth-order valence-corrected chi connectivity index (χ4v) is 1.58. The lowest BCUT2D eigenvalue weighted by Gasteiger charge is -2.08. The lowest BCUT2D eigenvalue weighted by atomic mass is 10.0. The molecule has 0 unspecified atom stereocenters. The molecule has 2 rings (SSSR count). The SMILES string of the molecule is CC(C)c1ccc(Nc2cccc(F)n2)cc1. The summed E-state index contributed by atoms with van der Waals surface area (Å²) in [5.74, 6) is 0.549. The first-order chi connectivity index (χ1) is 8.15. The molecule has 0 saturated carbocycles. The van der Waals surface area contributed by atoms with E-state index in [2.05, 4.69) is 36.3 Å². The van der Waals surface area contributed by atoms with Crippen LogP contribution in [0.1, 0.15) is 25.3 Å². The van der Waals surface area contributed by atoms with Crippen LogP contribution in [0.2, 0.25) is 0 Å².